The van der Waals surface area contributed by atoms with E-state index in [1.54, 1.807) is 6.08 Å². The topological polar surface area (TPSA) is 35.5 Å². The van der Waals surface area contributed by atoms with Gasteiger partial charge >= 0.3 is 0 Å². The summed E-state index contributed by atoms with van der Waals surface area (Å²) in [4.78, 5) is 13.3. The molecule has 172 valence electrons. The van der Waals surface area contributed by atoms with Gasteiger partial charge in [-0.25, -0.2) is 0 Å². The third-order valence-corrected chi connectivity index (χ3v) is 16.3. The van der Waals surface area contributed by atoms with E-state index in [2.05, 4.69) is 81.2 Å². The van der Waals surface area contributed by atoms with Crippen LogP contribution in [0.5, 0.6) is 0 Å². The predicted molar refractivity (Wildman–Crippen MR) is 133 cm³/mol. The smallest absolute Gasteiger partial charge is 0.192 e. The van der Waals surface area contributed by atoms with Gasteiger partial charge in [-0.15, -0.1) is 6.58 Å². The number of carbonyl (C=O) groups is 1. The van der Waals surface area contributed by atoms with E-state index < -0.39 is 22.0 Å². The molecule has 3 nitrogen and oxygen atoms in total. The van der Waals surface area contributed by atoms with Gasteiger partial charge in [-0.05, 0) is 50.1 Å². The minimum Gasteiger partial charge on any atom is -0.416 e. The summed E-state index contributed by atoms with van der Waals surface area (Å²) < 4.78 is 13.4. The molecule has 0 aromatic heterocycles. The van der Waals surface area contributed by atoms with E-state index in [1.807, 2.05) is 20.8 Å². The Morgan fingerprint density at radius 1 is 0.897 bits per heavy atom. The monoisotopic (exact) mass is 442 g/mol. The molecule has 29 heavy (non-hydrogen) atoms. The molecule has 0 spiro atoms. The lowest BCUT2D eigenvalue weighted by atomic mass is 9.78. The Hall–Kier alpha value is -0.236. The van der Waals surface area contributed by atoms with E-state index in [1.165, 1.54) is 0 Å². The Morgan fingerprint density at radius 3 is 1.66 bits per heavy atom. The van der Waals surface area contributed by atoms with Crippen molar-refractivity contribution in [1.82, 2.24) is 0 Å². The van der Waals surface area contributed by atoms with Crippen LogP contribution in [0.25, 0.3) is 0 Å². The highest BCUT2D eigenvalue weighted by Crippen LogP contribution is 2.41. The fourth-order valence-corrected chi connectivity index (χ4v) is 5.30. The fourth-order valence-electron chi connectivity index (χ4n) is 2.72. The van der Waals surface area contributed by atoms with E-state index in [-0.39, 0.29) is 33.8 Å². The SMILES string of the molecule is C=CC(C)(C)C(=O)[C@H](C)[C@@H](O[Si](C)(C)C(C)(C)C)[C@@H](C)CO[Si](C)(C)C(C)(C)C. The standard InChI is InChI=1S/C24H50O3Si2/c1-16-24(10,11)21(25)19(3)20(27-29(14,15)23(7,8)9)18(2)17-26-28(12,13)22(4,5)6/h16,18-20H,1,17H2,2-15H3/t18-,19+,20-/m0/s1. The zero-order valence-corrected chi connectivity index (χ0v) is 23.9. The van der Waals surface area contributed by atoms with Crippen molar-refractivity contribution in [2.75, 3.05) is 6.61 Å². The third kappa shape index (κ3) is 7.44. The average molecular weight is 443 g/mol. The molecule has 0 aliphatic carbocycles. The van der Waals surface area contributed by atoms with Crippen molar-refractivity contribution in [3.63, 3.8) is 0 Å². The molecular weight excluding hydrogens is 392 g/mol. The van der Waals surface area contributed by atoms with Gasteiger partial charge in [0.05, 0.1) is 6.10 Å². The third-order valence-electron chi connectivity index (χ3n) is 7.36. The van der Waals surface area contributed by atoms with Gasteiger partial charge in [0.2, 0.25) is 0 Å². The molecule has 0 aliphatic heterocycles. The molecule has 3 atom stereocenters. The largest absolute Gasteiger partial charge is 0.416 e. The minimum atomic E-state index is -2.04. The molecule has 0 saturated carbocycles. The van der Waals surface area contributed by atoms with Gasteiger partial charge in [-0.1, -0.05) is 61.5 Å². The molecule has 0 radical (unpaired) electrons. The maximum atomic E-state index is 13.3. The van der Waals surface area contributed by atoms with Gasteiger partial charge in [0.25, 0.3) is 0 Å². The number of rotatable bonds is 10. The molecule has 0 aromatic rings. The van der Waals surface area contributed by atoms with Crippen LogP contribution in [0.2, 0.25) is 36.3 Å². The molecule has 0 aliphatic rings. The van der Waals surface area contributed by atoms with Crippen LogP contribution in [-0.2, 0) is 13.6 Å². The second-order valence-corrected chi connectivity index (χ2v) is 22.0. The molecule has 0 rings (SSSR count). The van der Waals surface area contributed by atoms with Crippen LogP contribution in [-0.4, -0.2) is 35.1 Å². The lowest BCUT2D eigenvalue weighted by Gasteiger charge is -2.44. The Labute approximate surface area is 184 Å². The van der Waals surface area contributed by atoms with Gasteiger partial charge in [0.15, 0.2) is 16.6 Å². The number of hydrogen-bond acceptors (Lipinski definition) is 3. The van der Waals surface area contributed by atoms with Crippen molar-refractivity contribution < 1.29 is 13.6 Å². The lowest BCUT2D eigenvalue weighted by Crippen LogP contribution is -2.51. The Kier molecular flexibility index (Phi) is 9.42. The zero-order chi connectivity index (χ0) is 23.6. The van der Waals surface area contributed by atoms with E-state index in [0.717, 1.165) is 0 Å². The second-order valence-electron chi connectivity index (χ2n) is 12.5. The maximum Gasteiger partial charge on any atom is 0.192 e. The van der Waals surface area contributed by atoms with E-state index in [9.17, 15) is 4.79 Å². The van der Waals surface area contributed by atoms with Gasteiger partial charge < -0.3 is 8.85 Å². The quantitative estimate of drug-likeness (QED) is 0.260. The van der Waals surface area contributed by atoms with Crippen LogP contribution < -0.4 is 0 Å². The minimum absolute atomic E-state index is 0.0853. The molecule has 0 heterocycles. The highest BCUT2D eigenvalue weighted by Gasteiger charge is 2.45. The molecule has 0 N–H and O–H groups in total. The zero-order valence-electron chi connectivity index (χ0n) is 21.9. The van der Waals surface area contributed by atoms with Gasteiger partial charge in [0, 0.05) is 23.9 Å². The first-order valence-electron chi connectivity index (χ1n) is 11.1. The summed E-state index contributed by atoms with van der Waals surface area (Å²) in [7, 11) is -3.90. The summed E-state index contributed by atoms with van der Waals surface area (Å²) in [6.07, 6.45) is 1.60. The number of carbonyl (C=O) groups excluding carboxylic acids is 1. The molecule has 0 aromatic carbocycles. The van der Waals surface area contributed by atoms with Crippen molar-refractivity contribution in [1.29, 1.82) is 0 Å². The molecule has 0 amide bonds. The van der Waals surface area contributed by atoms with Crippen LogP contribution in [0, 0.1) is 17.3 Å². The average Bonchev–Trinajstić information content (AvgIpc) is 2.54. The van der Waals surface area contributed by atoms with Crippen molar-refractivity contribution in [3.05, 3.63) is 12.7 Å². The molecule has 0 fully saturated rings. The van der Waals surface area contributed by atoms with Gasteiger partial charge in [-0.3, -0.25) is 4.79 Å². The Balaban J connectivity index is 5.81. The summed E-state index contributed by atoms with van der Waals surface area (Å²) in [5.41, 5.74) is -0.561. The van der Waals surface area contributed by atoms with Crippen LogP contribution in [0.1, 0.15) is 69.2 Å². The summed E-state index contributed by atoms with van der Waals surface area (Å²) in [5, 5.41) is 0.247. The number of allylic oxidation sites excluding steroid dienone is 1. The molecule has 0 bridgehead atoms. The predicted octanol–water partition coefficient (Wildman–Crippen LogP) is 7.45. The highest BCUT2D eigenvalue weighted by atomic mass is 28.4. The number of ketones is 1. The van der Waals surface area contributed by atoms with Crippen LogP contribution >= 0.6 is 0 Å². The molecule has 0 saturated heterocycles. The maximum absolute atomic E-state index is 13.3. The van der Waals surface area contributed by atoms with Crippen molar-refractivity contribution in [2.45, 2.75) is 112 Å². The summed E-state index contributed by atoms with van der Waals surface area (Å²) in [5.74, 6) is 0.114. The normalized spacial score (nSPS) is 17.6. The summed E-state index contributed by atoms with van der Waals surface area (Å²) in [6, 6.07) is 0. The number of hydrogen-bond donors (Lipinski definition) is 0. The molecule has 0 unspecified atom stereocenters. The van der Waals surface area contributed by atoms with E-state index >= 15 is 0 Å². The number of Topliss-reactive ketones (excluding diaryl/α,β-unsaturated/α-hetero) is 1. The van der Waals surface area contributed by atoms with Crippen LogP contribution in [0.4, 0.5) is 0 Å². The molecular formula is C24H50O3Si2. The summed E-state index contributed by atoms with van der Waals surface area (Å²) >= 11 is 0. The molecule has 5 heteroatoms. The second kappa shape index (κ2) is 9.50. The lowest BCUT2D eigenvalue weighted by molar-refractivity contribution is -0.133. The fraction of sp³-hybridized carbons (Fsp3) is 0.875. The Morgan fingerprint density at radius 2 is 1.31 bits per heavy atom. The van der Waals surface area contributed by atoms with Crippen molar-refractivity contribution in [3.8, 4) is 0 Å². The Bertz CT molecular complexity index is 566. The first kappa shape index (κ1) is 28.8. The van der Waals surface area contributed by atoms with Crippen LogP contribution in [0.3, 0.4) is 0 Å². The van der Waals surface area contributed by atoms with Crippen molar-refractivity contribution >= 4 is 22.4 Å². The van der Waals surface area contributed by atoms with Gasteiger partial charge in [-0.2, -0.15) is 0 Å². The first-order chi connectivity index (χ1) is 12.6. The van der Waals surface area contributed by atoms with Gasteiger partial charge in [0.1, 0.15) is 5.78 Å². The summed E-state index contributed by atoms with van der Waals surface area (Å²) in [6.45, 7) is 35.2. The first-order valence-corrected chi connectivity index (χ1v) is 16.9. The van der Waals surface area contributed by atoms with Crippen molar-refractivity contribution in [2.24, 2.45) is 17.3 Å². The van der Waals surface area contributed by atoms with E-state index in [4.69, 9.17) is 8.85 Å². The van der Waals surface area contributed by atoms with Crippen LogP contribution in [0.15, 0.2) is 12.7 Å². The highest BCUT2D eigenvalue weighted by molar-refractivity contribution is 6.74. The van der Waals surface area contributed by atoms with E-state index in [0.29, 0.717) is 6.61 Å².